The molecule has 6 rings (SSSR count). The molecule has 2 atom stereocenters. The third-order valence-electron chi connectivity index (χ3n) is 10.8. The van der Waals surface area contributed by atoms with E-state index in [2.05, 4.69) is 16.0 Å². The zero-order valence-electron chi connectivity index (χ0n) is 32.9. The molecule has 14 heteroatoms. The van der Waals surface area contributed by atoms with E-state index in [1.54, 1.807) is 43.0 Å². The maximum Gasteiger partial charge on any atom is 0.265 e. The number of hydrogen-bond acceptors (Lipinski definition) is 12. The third-order valence-corrected chi connectivity index (χ3v) is 11.5. The molecule has 56 heavy (non-hydrogen) atoms. The molecule has 4 heterocycles. The summed E-state index contributed by atoms with van der Waals surface area (Å²) in [6.07, 6.45) is 4.99. The summed E-state index contributed by atoms with van der Waals surface area (Å²) in [5.74, 6) is 1.80. The van der Waals surface area contributed by atoms with Gasteiger partial charge in [0.05, 0.1) is 39.0 Å². The highest BCUT2D eigenvalue weighted by atomic mass is 32.1. The second-order valence-corrected chi connectivity index (χ2v) is 15.0. The lowest BCUT2D eigenvalue weighted by atomic mass is 9.92. The van der Waals surface area contributed by atoms with Crippen molar-refractivity contribution in [1.29, 1.82) is 5.26 Å². The summed E-state index contributed by atoms with van der Waals surface area (Å²) in [7, 11) is 5.07. The molecule has 1 amide bonds. The second kappa shape index (κ2) is 18.3. The Morgan fingerprint density at radius 3 is 2.46 bits per heavy atom. The van der Waals surface area contributed by atoms with Gasteiger partial charge < -0.3 is 33.5 Å². The first-order chi connectivity index (χ1) is 27.0. The summed E-state index contributed by atoms with van der Waals surface area (Å²) < 4.78 is 25.1. The minimum atomic E-state index is -0.745. The van der Waals surface area contributed by atoms with Crippen LogP contribution in [0.1, 0.15) is 45.8 Å². The molecule has 1 fully saturated rings. The Labute approximate surface area is 331 Å². The summed E-state index contributed by atoms with van der Waals surface area (Å²) in [6.45, 7) is 10.5. The lowest BCUT2D eigenvalue weighted by Gasteiger charge is -2.37. The number of hydrogen-bond donors (Lipinski definition) is 1. The van der Waals surface area contributed by atoms with E-state index in [1.165, 1.54) is 11.3 Å². The van der Waals surface area contributed by atoms with Gasteiger partial charge in [-0.25, -0.2) is 4.98 Å². The molecule has 2 unspecified atom stereocenters. The molecule has 2 aliphatic rings. The standard InChI is InChI=1S/C42H50N6O7S/c1-27-28(2)41(50)45(4)24-35(27)31-19-37(52-5)36(38(20-31)53-6)25-46-12-14-47(15-13-46)40(49)26-54-16-17-55-33-8-7-30-9-11-48(29(3)34(30)22-33)42(51)32(23-43)21-39-44-10-18-56-39/h7-8,10,18-22,24,29,40,49H,9,11-17,25-26H2,1-6H3/b32-21+. The van der Waals surface area contributed by atoms with Gasteiger partial charge in [0, 0.05) is 75.2 Å². The second-order valence-electron chi connectivity index (χ2n) is 14.1. The Kier molecular flexibility index (Phi) is 13.3. The Morgan fingerprint density at radius 2 is 1.80 bits per heavy atom. The highest BCUT2D eigenvalue weighted by Gasteiger charge is 2.30. The molecule has 296 valence electrons. The number of aryl methyl sites for hydroxylation is 1. The maximum absolute atomic E-state index is 13.3. The van der Waals surface area contributed by atoms with Gasteiger partial charge in [-0.15, -0.1) is 11.3 Å². The predicted molar refractivity (Wildman–Crippen MR) is 215 cm³/mol. The van der Waals surface area contributed by atoms with Crippen LogP contribution in [0.4, 0.5) is 0 Å². The molecule has 0 spiro atoms. The van der Waals surface area contributed by atoms with Gasteiger partial charge >= 0.3 is 0 Å². The van der Waals surface area contributed by atoms with Crippen molar-refractivity contribution in [2.75, 3.05) is 66.8 Å². The van der Waals surface area contributed by atoms with Crippen LogP contribution in [0.25, 0.3) is 17.2 Å². The summed E-state index contributed by atoms with van der Waals surface area (Å²) >= 11 is 1.38. The van der Waals surface area contributed by atoms with Crippen LogP contribution in [0.3, 0.4) is 0 Å². The summed E-state index contributed by atoms with van der Waals surface area (Å²) in [4.78, 5) is 36.0. The highest BCUT2D eigenvalue weighted by Crippen LogP contribution is 2.38. The summed E-state index contributed by atoms with van der Waals surface area (Å²) in [5, 5.41) is 23.1. The molecule has 13 nitrogen and oxygen atoms in total. The van der Waals surface area contributed by atoms with Gasteiger partial charge in [-0.1, -0.05) is 6.07 Å². The molecule has 2 aromatic heterocycles. The molecule has 0 saturated carbocycles. The number of aromatic nitrogens is 2. The Morgan fingerprint density at radius 1 is 1.07 bits per heavy atom. The monoisotopic (exact) mass is 782 g/mol. The number of piperazine rings is 1. The number of pyridine rings is 1. The van der Waals surface area contributed by atoms with E-state index in [0.717, 1.165) is 58.0 Å². The fourth-order valence-corrected chi connectivity index (χ4v) is 7.97. The van der Waals surface area contributed by atoms with Crippen molar-refractivity contribution in [2.24, 2.45) is 7.05 Å². The fraction of sp³-hybridized carbons (Fsp3) is 0.429. The molecular formula is C42H50N6O7S. The molecular weight excluding hydrogens is 733 g/mol. The van der Waals surface area contributed by atoms with Gasteiger partial charge in [0.25, 0.3) is 11.5 Å². The van der Waals surface area contributed by atoms with Crippen molar-refractivity contribution in [2.45, 2.75) is 46.0 Å². The van der Waals surface area contributed by atoms with E-state index < -0.39 is 6.23 Å². The molecule has 2 aromatic carbocycles. The molecule has 0 radical (unpaired) electrons. The molecule has 1 saturated heterocycles. The number of fused-ring (bicyclic) bond motifs is 1. The summed E-state index contributed by atoms with van der Waals surface area (Å²) in [5.41, 5.74) is 6.65. The number of methoxy groups -OCH3 is 2. The van der Waals surface area contributed by atoms with Crippen LogP contribution < -0.4 is 19.8 Å². The van der Waals surface area contributed by atoms with Gasteiger partial charge in [-0.2, -0.15) is 5.26 Å². The third kappa shape index (κ3) is 8.98. The van der Waals surface area contributed by atoms with Crippen LogP contribution in [0.5, 0.6) is 17.2 Å². The average molecular weight is 783 g/mol. The normalized spacial score (nSPS) is 16.9. The number of nitriles is 1. The van der Waals surface area contributed by atoms with Crippen molar-refractivity contribution >= 4 is 23.3 Å². The molecule has 0 aliphatic carbocycles. The van der Waals surface area contributed by atoms with Gasteiger partial charge in [0.15, 0.2) is 0 Å². The number of ether oxygens (including phenoxy) is 4. The van der Waals surface area contributed by atoms with E-state index in [0.29, 0.717) is 62.1 Å². The van der Waals surface area contributed by atoms with Crippen LogP contribution in [0.15, 0.2) is 58.5 Å². The number of amides is 1. The SMILES string of the molecule is COc1cc(-c2cn(C)c(=O)c(C)c2C)cc(OC)c1CN1CCN(C(O)COCCOc2ccc3c(c2)C(C)N(C(=O)/C(C#N)=C/c2nccs2)CC3)CC1. The largest absolute Gasteiger partial charge is 0.496 e. The quantitative estimate of drug-likeness (QED) is 0.108. The van der Waals surface area contributed by atoms with E-state index in [-0.39, 0.29) is 29.7 Å². The van der Waals surface area contributed by atoms with Crippen molar-refractivity contribution < 1.29 is 28.8 Å². The van der Waals surface area contributed by atoms with Crippen molar-refractivity contribution in [3.63, 3.8) is 0 Å². The average Bonchev–Trinajstić information content (AvgIpc) is 3.74. The highest BCUT2D eigenvalue weighted by molar-refractivity contribution is 7.10. The van der Waals surface area contributed by atoms with Crippen LogP contribution in [-0.2, 0) is 29.5 Å². The van der Waals surface area contributed by atoms with Crippen molar-refractivity contribution in [1.82, 2.24) is 24.3 Å². The number of benzene rings is 2. The van der Waals surface area contributed by atoms with E-state index in [9.17, 15) is 20.0 Å². The first-order valence-electron chi connectivity index (χ1n) is 18.7. The first kappa shape index (κ1) is 40.6. The predicted octanol–water partition coefficient (Wildman–Crippen LogP) is 4.73. The zero-order valence-corrected chi connectivity index (χ0v) is 33.7. The van der Waals surface area contributed by atoms with Crippen LogP contribution in [0, 0.1) is 25.2 Å². The molecule has 4 aromatic rings. The van der Waals surface area contributed by atoms with E-state index in [1.807, 2.05) is 67.6 Å². The van der Waals surface area contributed by atoms with Crippen molar-refractivity contribution in [3.8, 4) is 34.4 Å². The molecule has 2 aliphatic heterocycles. The van der Waals surface area contributed by atoms with Crippen LogP contribution in [0.2, 0.25) is 0 Å². The van der Waals surface area contributed by atoms with E-state index in [4.69, 9.17) is 18.9 Å². The summed E-state index contributed by atoms with van der Waals surface area (Å²) in [6, 6.07) is 11.7. The van der Waals surface area contributed by atoms with E-state index >= 15 is 0 Å². The maximum atomic E-state index is 13.3. The number of nitrogens with zero attached hydrogens (tertiary/aromatic N) is 6. The number of aliphatic hydroxyl groups excluding tert-OH is 1. The van der Waals surface area contributed by atoms with Gasteiger partial charge in [0.2, 0.25) is 0 Å². The lowest BCUT2D eigenvalue weighted by molar-refractivity contribution is -0.129. The molecule has 0 bridgehead atoms. The van der Waals surface area contributed by atoms with Crippen LogP contribution >= 0.6 is 11.3 Å². The smallest absolute Gasteiger partial charge is 0.265 e. The van der Waals surface area contributed by atoms with Gasteiger partial charge in [-0.3, -0.25) is 19.4 Å². The Balaban J connectivity index is 0.967. The number of rotatable bonds is 14. The Hall–Kier alpha value is -5.04. The number of aliphatic hydroxyl groups is 1. The fourth-order valence-electron chi connectivity index (χ4n) is 7.40. The Bertz CT molecular complexity index is 2130. The van der Waals surface area contributed by atoms with Crippen LogP contribution in [-0.4, -0.2) is 108 Å². The topological polar surface area (TPSA) is 143 Å². The molecule has 1 N–H and O–H groups in total. The minimum absolute atomic E-state index is 0.0118. The number of carbonyl (C=O) groups excluding carboxylic acids is 1. The van der Waals surface area contributed by atoms with Gasteiger partial charge in [0.1, 0.15) is 46.7 Å². The first-order valence-corrected chi connectivity index (χ1v) is 19.6. The number of thiazole rings is 1. The van der Waals surface area contributed by atoms with Gasteiger partial charge in [-0.05, 0) is 79.8 Å². The lowest BCUT2D eigenvalue weighted by Crippen LogP contribution is -2.51. The minimum Gasteiger partial charge on any atom is -0.496 e. The van der Waals surface area contributed by atoms with Crippen molar-refractivity contribution in [3.05, 3.63) is 96.9 Å². The number of carbonyl (C=O) groups is 1. The zero-order chi connectivity index (χ0) is 39.9.